The maximum absolute atomic E-state index is 11.0. The number of benzene rings is 1. The molecule has 2 nitrogen and oxygen atoms in total. The largest absolute Gasteiger partial charge is 0.313 e. The van der Waals surface area contributed by atoms with Crippen LogP contribution in [0.2, 0.25) is 0 Å². The van der Waals surface area contributed by atoms with E-state index in [2.05, 4.69) is 38.1 Å². The Labute approximate surface area is 123 Å². The van der Waals surface area contributed by atoms with Gasteiger partial charge in [-0.2, -0.15) is 0 Å². The number of nitrogens with zero attached hydrogens (tertiary/aromatic N) is 1. The van der Waals surface area contributed by atoms with Crippen LogP contribution in [-0.4, -0.2) is 4.57 Å². The first kappa shape index (κ1) is 18.2. The van der Waals surface area contributed by atoms with Gasteiger partial charge in [-0.3, -0.25) is 4.79 Å². The molecule has 0 radical (unpaired) electrons. The van der Waals surface area contributed by atoms with Gasteiger partial charge in [0.05, 0.1) is 0 Å². The summed E-state index contributed by atoms with van der Waals surface area (Å²) in [6.45, 7) is 12.2. The van der Waals surface area contributed by atoms with E-state index in [9.17, 15) is 4.79 Å². The van der Waals surface area contributed by atoms with Crippen LogP contribution in [0.4, 0.5) is 0 Å². The zero-order valence-electron chi connectivity index (χ0n) is 13.6. The smallest absolute Gasteiger partial charge is 0.250 e. The summed E-state index contributed by atoms with van der Waals surface area (Å²) in [4.78, 5) is 11.0. The molecule has 0 saturated heterocycles. The molecule has 0 fully saturated rings. The van der Waals surface area contributed by atoms with E-state index < -0.39 is 0 Å². The highest BCUT2D eigenvalue weighted by molar-refractivity contribution is 5.19. The van der Waals surface area contributed by atoms with E-state index in [1.165, 1.54) is 11.1 Å². The third-order valence-electron chi connectivity index (χ3n) is 2.63. The van der Waals surface area contributed by atoms with E-state index >= 15 is 0 Å². The topological polar surface area (TPSA) is 22.0 Å². The average Bonchev–Trinajstić information content (AvgIpc) is 2.45. The Kier molecular flexibility index (Phi) is 9.10. The van der Waals surface area contributed by atoms with Gasteiger partial charge in [0.2, 0.25) is 0 Å². The van der Waals surface area contributed by atoms with Crippen molar-refractivity contribution in [2.75, 3.05) is 0 Å². The van der Waals surface area contributed by atoms with Crippen LogP contribution in [0.15, 0.2) is 53.5 Å². The molecule has 0 N–H and O–H groups in total. The summed E-state index contributed by atoms with van der Waals surface area (Å²) in [7, 11) is 0. The molecule has 0 saturated carbocycles. The van der Waals surface area contributed by atoms with Gasteiger partial charge >= 0.3 is 0 Å². The number of hydrogen-bond donors (Lipinski definition) is 0. The Balaban J connectivity index is 0.000000327. The summed E-state index contributed by atoms with van der Waals surface area (Å²) in [5.74, 6) is 0. The van der Waals surface area contributed by atoms with Crippen molar-refractivity contribution in [2.45, 2.75) is 47.6 Å². The van der Waals surface area contributed by atoms with Crippen LogP contribution < -0.4 is 5.56 Å². The standard InChI is InChI=1S/C8H11NO.C8H10.C2H6/c1-7(2)9-6-4-3-5-8(9)10;1-7-3-5-8(2)6-4-7;1-2/h3-7H,1-2H3;3-6H,1-2H3;1-2H3. The summed E-state index contributed by atoms with van der Waals surface area (Å²) >= 11 is 0. The Bertz CT molecular complexity index is 503. The minimum Gasteiger partial charge on any atom is -0.313 e. The fraction of sp³-hybridized carbons (Fsp3) is 0.389. The Hall–Kier alpha value is -1.83. The molecule has 0 aliphatic carbocycles. The molecule has 1 aromatic carbocycles. The normalized spacial score (nSPS) is 9.15. The second-order valence-electron chi connectivity index (χ2n) is 4.69. The van der Waals surface area contributed by atoms with Crippen molar-refractivity contribution >= 4 is 0 Å². The Morgan fingerprint density at radius 3 is 1.60 bits per heavy atom. The molecular formula is C18H27NO. The Morgan fingerprint density at radius 2 is 1.30 bits per heavy atom. The van der Waals surface area contributed by atoms with Crippen LogP contribution in [0, 0.1) is 13.8 Å². The van der Waals surface area contributed by atoms with E-state index in [4.69, 9.17) is 0 Å². The van der Waals surface area contributed by atoms with Crippen LogP contribution in [-0.2, 0) is 0 Å². The van der Waals surface area contributed by atoms with Crippen molar-refractivity contribution in [3.8, 4) is 0 Å². The summed E-state index contributed by atoms with van der Waals surface area (Å²) in [5, 5.41) is 0. The minimum absolute atomic E-state index is 0.0671. The molecule has 0 atom stereocenters. The molecule has 0 bridgehead atoms. The fourth-order valence-electron chi connectivity index (χ4n) is 1.50. The monoisotopic (exact) mass is 273 g/mol. The lowest BCUT2D eigenvalue weighted by Gasteiger charge is -2.06. The van der Waals surface area contributed by atoms with Gasteiger partial charge in [-0.15, -0.1) is 0 Å². The van der Waals surface area contributed by atoms with Gasteiger partial charge in [0.25, 0.3) is 5.56 Å². The quantitative estimate of drug-likeness (QED) is 0.734. The molecule has 0 unspecified atom stereocenters. The summed E-state index contributed by atoms with van der Waals surface area (Å²) in [5.41, 5.74) is 2.73. The number of hydrogen-bond acceptors (Lipinski definition) is 1. The molecular weight excluding hydrogens is 246 g/mol. The molecule has 1 heterocycles. The van der Waals surface area contributed by atoms with Crippen LogP contribution in [0.1, 0.15) is 44.9 Å². The molecule has 2 heteroatoms. The lowest BCUT2D eigenvalue weighted by atomic mass is 10.2. The van der Waals surface area contributed by atoms with E-state index in [0.29, 0.717) is 0 Å². The zero-order chi connectivity index (χ0) is 15.5. The van der Waals surface area contributed by atoms with Crippen molar-refractivity contribution in [1.82, 2.24) is 4.57 Å². The van der Waals surface area contributed by atoms with Crippen molar-refractivity contribution in [3.63, 3.8) is 0 Å². The average molecular weight is 273 g/mol. The van der Waals surface area contributed by atoms with Crippen molar-refractivity contribution in [3.05, 3.63) is 70.1 Å². The van der Waals surface area contributed by atoms with E-state index in [0.717, 1.165) is 0 Å². The molecule has 2 rings (SSSR count). The molecule has 0 amide bonds. The van der Waals surface area contributed by atoms with Gasteiger partial charge in [-0.25, -0.2) is 0 Å². The number of pyridine rings is 1. The maximum Gasteiger partial charge on any atom is 0.250 e. The predicted molar refractivity (Wildman–Crippen MR) is 88.4 cm³/mol. The molecule has 0 aliphatic heterocycles. The van der Waals surface area contributed by atoms with Gasteiger partial charge in [-0.05, 0) is 33.8 Å². The minimum atomic E-state index is 0.0671. The first-order chi connectivity index (χ1) is 9.50. The van der Waals surface area contributed by atoms with Crippen LogP contribution in [0.25, 0.3) is 0 Å². The molecule has 0 spiro atoms. The Morgan fingerprint density at radius 1 is 0.850 bits per heavy atom. The lowest BCUT2D eigenvalue weighted by Crippen LogP contribution is -2.19. The number of aryl methyl sites for hydroxylation is 2. The first-order valence-corrected chi connectivity index (χ1v) is 7.21. The fourth-order valence-corrected chi connectivity index (χ4v) is 1.50. The second kappa shape index (κ2) is 10.0. The second-order valence-corrected chi connectivity index (χ2v) is 4.69. The SMILES string of the molecule is CC.CC(C)n1ccccc1=O.Cc1ccc(C)cc1. The third-order valence-corrected chi connectivity index (χ3v) is 2.63. The predicted octanol–water partition coefficient (Wildman–Crippen LogP) is 4.76. The van der Waals surface area contributed by atoms with Gasteiger partial charge in [0, 0.05) is 18.3 Å². The van der Waals surface area contributed by atoms with Gasteiger partial charge in [0.1, 0.15) is 0 Å². The zero-order valence-corrected chi connectivity index (χ0v) is 13.6. The molecule has 110 valence electrons. The molecule has 1 aromatic heterocycles. The molecule has 20 heavy (non-hydrogen) atoms. The highest BCUT2D eigenvalue weighted by Gasteiger charge is 1.95. The van der Waals surface area contributed by atoms with Crippen LogP contribution in [0.5, 0.6) is 0 Å². The summed E-state index contributed by atoms with van der Waals surface area (Å²) in [6.07, 6.45) is 1.80. The van der Waals surface area contributed by atoms with Gasteiger partial charge < -0.3 is 4.57 Å². The van der Waals surface area contributed by atoms with Crippen molar-refractivity contribution < 1.29 is 0 Å². The maximum atomic E-state index is 11.0. The number of aromatic nitrogens is 1. The highest BCUT2D eigenvalue weighted by Crippen LogP contribution is 1.99. The first-order valence-electron chi connectivity index (χ1n) is 7.21. The van der Waals surface area contributed by atoms with E-state index in [-0.39, 0.29) is 11.6 Å². The van der Waals surface area contributed by atoms with Gasteiger partial charge in [0.15, 0.2) is 0 Å². The molecule has 2 aromatic rings. The lowest BCUT2D eigenvalue weighted by molar-refractivity contribution is 0.578. The van der Waals surface area contributed by atoms with Crippen LogP contribution in [0.3, 0.4) is 0 Å². The highest BCUT2D eigenvalue weighted by atomic mass is 16.1. The summed E-state index contributed by atoms with van der Waals surface area (Å²) < 4.78 is 1.69. The third kappa shape index (κ3) is 6.93. The van der Waals surface area contributed by atoms with E-state index in [1.807, 2.05) is 33.8 Å². The van der Waals surface area contributed by atoms with E-state index in [1.54, 1.807) is 22.9 Å². The van der Waals surface area contributed by atoms with Gasteiger partial charge in [-0.1, -0.05) is 55.3 Å². The molecule has 0 aliphatic rings. The van der Waals surface area contributed by atoms with Crippen molar-refractivity contribution in [1.29, 1.82) is 0 Å². The van der Waals surface area contributed by atoms with Crippen molar-refractivity contribution in [2.24, 2.45) is 0 Å². The summed E-state index contributed by atoms with van der Waals surface area (Å²) in [6, 6.07) is 13.9. The number of rotatable bonds is 1. The van der Waals surface area contributed by atoms with Crippen LogP contribution >= 0.6 is 0 Å².